The van der Waals surface area contributed by atoms with Crippen LogP contribution in [-0.4, -0.2) is 55.2 Å². The van der Waals surface area contributed by atoms with Crippen LogP contribution in [0, 0.1) is 13.8 Å². The molecule has 1 atom stereocenters. The number of nitrogens with one attached hydrogen (secondary N) is 1. The number of hydrogen-bond donors (Lipinski definition) is 1. The summed E-state index contributed by atoms with van der Waals surface area (Å²) >= 11 is 0. The zero-order valence-corrected chi connectivity index (χ0v) is 21.3. The molecule has 1 unspecified atom stereocenters. The molecule has 1 aliphatic carbocycles. The van der Waals surface area contributed by atoms with Crippen LogP contribution in [0.25, 0.3) is 0 Å². The number of nitrogens with zero attached hydrogens (tertiary/aromatic N) is 2. The molecule has 0 spiro atoms. The summed E-state index contributed by atoms with van der Waals surface area (Å²) < 4.78 is 45.8. The maximum Gasteiger partial charge on any atom is 0.416 e. The quantitative estimate of drug-likeness (QED) is 0.541. The molecule has 1 aliphatic heterocycles. The molecule has 0 radical (unpaired) electrons. The third-order valence-electron chi connectivity index (χ3n) is 7.32. The van der Waals surface area contributed by atoms with Gasteiger partial charge in [0, 0.05) is 43.6 Å². The molecule has 1 saturated carbocycles. The second kappa shape index (κ2) is 11.1. The van der Waals surface area contributed by atoms with E-state index in [9.17, 15) is 18.0 Å². The molecule has 0 bridgehead atoms. The Hall–Kier alpha value is -2.74. The molecule has 2 fully saturated rings. The summed E-state index contributed by atoms with van der Waals surface area (Å²) in [7, 11) is 0. The van der Waals surface area contributed by atoms with Crippen molar-refractivity contribution in [3.05, 3.63) is 59.2 Å². The van der Waals surface area contributed by atoms with Gasteiger partial charge in [0.25, 0.3) is 5.91 Å². The highest BCUT2D eigenvalue weighted by atomic mass is 19.4. The number of hydrogen-bond acceptors (Lipinski definition) is 4. The Morgan fingerprint density at radius 2 is 1.61 bits per heavy atom. The Balaban J connectivity index is 1.21. The van der Waals surface area contributed by atoms with Crippen molar-refractivity contribution >= 4 is 17.3 Å². The number of piperazine rings is 1. The average molecular weight is 504 g/mol. The van der Waals surface area contributed by atoms with Gasteiger partial charge in [0.1, 0.15) is 6.10 Å². The number of carbonyl (C=O) groups excluding carboxylic acids is 1. The molecule has 2 aliphatic rings. The highest BCUT2D eigenvalue weighted by Crippen LogP contribution is 2.34. The van der Waals surface area contributed by atoms with Gasteiger partial charge in [0.05, 0.1) is 11.7 Å². The van der Waals surface area contributed by atoms with Crippen molar-refractivity contribution in [1.82, 2.24) is 4.90 Å². The van der Waals surface area contributed by atoms with Gasteiger partial charge < -0.3 is 19.9 Å². The maximum atomic E-state index is 13.2. The summed E-state index contributed by atoms with van der Waals surface area (Å²) in [5.74, 6) is 0.0261. The van der Waals surface area contributed by atoms with E-state index in [1.807, 2.05) is 11.8 Å². The molecule has 1 N–H and O–H groups in total. The van der Waals surface area contributed by atoms with Crippen LogP contribution in [0.5, 0.6) is 0 Å². The molecule has 1 amide bonds. The van der Waals surface area contributed by atoms with E-state index in [0.717, 1.165) is 38.8 Å². The molecule has 1 saturated heterocycles. The number of alkyl halides is 3. The lowest BCUT2D eigenvalue weighted by molar-refractivity contribution is -0.147. The van der Waals surface area contributed by atoms with Crippen molar-refractivity contribution in [2.24, 2.45) is 0 Å². The predicted octanol–water partition coefficient (Wildman–Crippen LogP) is 5.80. The average Bonchev–Trinajstić information content (AvgIpc) is 2.86. The van der Waals surface area contributed by atoms with Gasteiger partial charge in [-0.3, -0.25) is 4.79 Å². The normalized spacial score (nSPS) is 21.8. The fourth-order valence-corrected chi connectivity index (χ4v) is 5.14. The van der Waals surface area contributed by atoms with Crippen molar-refractivity contribution in [1.29, 1.82) is 0 Å². The van der Waals surface area contributed by atoms with E-state index < -0.39 is 17.8 Å². The summed E-state index contributed by atoms with van der Waals surface area (Å²) in [4.78, 5) is 17.2. The zero-order valence-electron chi connectivity index (χ0n) is 21.3. The Morgan fingerprint density at radius 1 is 0.972 bits per heavy atom. The van der Waals surface area contributed by atoms with E-state index in [1.165, 1.54) is 30.3 Å². The second-order valence-electron chi connectivity index (χ2n) is 10.1. The lowest BCUT2D eigenvalue weighted by Crippen LogP contribution is -2.52. The number of ether oxygens (including phenoxy) is 1. The van der Waals surface area contributed by atoms with Crippen LogP contribution in [0.4, 0.5) is 24.5 Å². The number of anilines is 2. The van der Waals surface area contributed by atoms with Crippen molar-refractivity contribution in [2.45, 2.75) is 70.9 Å². The van der Waals surface area contributed by atoms with Gasteiger partial charge in [-0.2, -0.15) is 13.2 Å². The summed E-state index contributed by atoms with van der Waals surface area (Å²) in [6, 6.07) is 12.9. The standard InChI is InChI=1S/C28H36F3N3O2/c1-19-4-10-24(11-5-19)33-14-16-34(17-15-33)27(35)21(3)36-25-12-8-22(9-13-25)32-23-7-6-20(2)26(18-23)28(29,30)31/h4-7,10-11,18,21-22,25,32H,8-9,12-17H2,1-3H3. The molecule has 1 heterocycles. The van der Waals surface area contributed by atoms with Crippen LogP contribution in [0.2, 0.25) is 0 Å². The van der Waals surface area contributed by atoms with Crippen molar-refractivity contribution in [3.8, 4) is 0 Å². The lowest BCUT2D eigenvalue weighted by atomic mass is 9.92. The Labute approximate surface area is 211 Å². The van der Waals surface area contributed by atoms with Gasteiger partial charge in [-0.25, -0.2) is 0 Å². The van der Waals surface area contributed by atoms with E-state index in [2.05, 4.69) is 41.4 Å². The summed E-state index contributed by atoms with van der Waals surface area (Å²) in [5, 5.41) is 3.25. The predicted molar refractivity (Wildman–Crippen MR) is 136 cm³/mol. The van der Waals surface area contributed by atoms with Crippen molar-refractivity contribution < 1.29 is 22.7 Å². The molecule has 4 rings (SSSR count). The van der Waals surface area contributed by atoms with E-state index >= 15 is 0 Å². The summed E-state index contributed by atoms with van der Waals surface area (Å²) in [5.41, 5.74) is 2.53. The van der Waals surface area contributed by atoms with Crippen LogP contribution in [-0.2, 0) is 15.7 Å². The fourth-order valence-electron chi connectivity index (χ4n) is 5.14. The zero-order chi connectivity index (χ0) is 25.9. The SMILES string of the molecule is Cc1ccc(N2CCN(C(=O)C(C)OC3CCC(Nc4ccc(C)c(C(F)(F)F)c4)CC3)CC2)cc1. The largest absolute Gasteiger partial charge is 0.416 e. The minimum atomic E-state index is -4.36. The molecule has 36 heavy (non-hydrogen) atoms. The van der Waals surface area contributed by atoms with E-state index in [4.69, 9.17) is 4.74 Å². The van der Waals surface area contributed by atoms with Crippen molar-refractivity contribution in [2.75, 3.05) is 36.4 Å². The monoisotopic (exact) mass is 503 g/mol. The molecule has 196 valence electrons. The van der Waals surface area contributed by atoms with Gasteiger partial charge in [0.2, 0.25) is 0 Å². The van der Waals surface area contributed by atoms with Crippen LogP contribution in [0.1, 0.15) is 49.3 Å². The first-order chi connectivity index (χ1) is 17.1. The smallest absolute Gasteiger partial charge is 0.382 e. The van der Waals surface area contributed by atoms with Crippen LogP contribution < -0.4 is 10.2 Å². The number of benzene rings is 2. The van der Waals surface area contributed by atoms with Gasteiger partial charge in [0.15, 0.2) is 0 Å². The number of carbonyl (C=O) groups is 1. The highest BCUT2D eigenvalue weighted by molar-refractivity contribution is 5.80. The van der Waals surface area contributed by atoms with Crippen LogP contribution >= 0.6 is 0 Å². The van der Waals surface area contributed by atoms with E-state index in [-0.39, 0.29) is 23.6 Å². The minimum absolute atomic E-state index is 0.0143. The molecule has 2 aromatic carbocycles. The second-order valence-corrected chi connectivity index (χ2v) is 10.1. The first-order valence-electron chi connectivity index (χ1n) is 12.8. The maximum absolute atomic E-state index is 13.2. The van der Waals surface area contributed by atoms with Crippen LogP contribution in [0.3, 0.4) is 0 Å². The van der Waals surface area contributed by atoms with E-state index in [0.29, 0.717) is 18.8 Å². The van der Waals surface area contributed by atoms with E-state index in [1.54, 1.807) is 6.07 Å². The molecule has 2 aromatic rings. The minimum Gasteiger partial charge on any atom is -0.382 e. The molecule has 0 aromatic heterocycles. The molecular weight excluding hydrogens is 467 g/mol. The van der Waals surface area contributed by atoms with Gasteiger partial charge >= 0.3 is 6.18 Å². The molecule has 5 nitrogen and oxygen atoms in total. The summed E-state index contributed by atoms with van der Waals surface area (Å²) in [6.45, 7) is 8.31. The number of amides is 1. The fraction of sp³-hybridized carbons (Fsp3) is 0.536. The Kier molecular flexibility index (Phi) is 8.13. The summed E-state index contributed by atoms with van der Waals surface area (Å²) in [6.07, 6.45) is -1.75. The topological polar surface area (TPSA) is 44.8 Å². The first-order valence-corrected chi connectivity index (χ1v) is 12.8. The Morgan fingerprint density at radius 3 is 2.22 bits per heavy atom. The third kappa shape index (κ3) is 6.52. The number of rotatable bonds is 6. The number of aryl methyl sites for hydroxylation is 2. The van der Waals surface area contributed by atoms with Gasteiger partial charge in [-0.15, -0.1) is 0 Å². The van der Waals surface area contributed by atoms with Gasteiger partial charge in [-0.1, -0.05) is 23.8 Å². The Bertz CT molecular complexity index is 1030. The molecule has 8 heteroatoms. The third-order valence-corrected chi connectivity index (χ3v) is 7.32. The lowest BCUT2D eigenvalue weighted by Gasteiger charge is -2.38. The van der Waals surface area contributed by atoms with Crippen LogP contribution in [0.15, 0.2) is 42.5 Å². The molecular formula is C28H36F3N3O2. The van der Waals surface area contributed by atoms with Gasteiger partial charge in [-0.05, 0) is 76.3 Å². The highest BCUT2D eigenvalue weighted by Gasteiger charge is 2.33. The number of halogens is 3. The first kappa shape index (κ1) is 26.3. The van der Waals surface area contributed by atoms with Crippen molar-refractivity contribution in [3.63, 3.8) is 0 Å².